The standard InChI is InChI=1S/C14H29N3O.2ClH/c1-12(10-15)13(18)16-11-14(17(2)3)8-6-4-5-7-9-14;;/h12H,4-11,15H2,1-3H3,(H,16,18);2*1H. The molecule has 122 valence electrons. The number of halogens is 2. The summed E-state index contributed by atoms with van der Waals surface area (Å²) in [5, 5.41) is 3.09. The molecular formula is C14H31Cl2N3O. The summed E-state index contributed by atoms with van der Waals surface area (Å²) in [6, 6.07) is 0. The zero-order valence-electron chi connectivity index (χ0n) is 13.0. The molecule has 1 fully saturated rings. The van der Waals surface area contributed by atoms with Crippen molar-refractivity contribution in [1.82, 2.24) is 10.2 Å². The van der Waals surface area contributed by atoms with Gasteiger partial charge in [-0.2, -0.15) is 0 Å². The number of hydrogen-bond donors (Lipinski definition) is 2. The second-order valence-corrected chi connectivity index (χ2v) is 5.89. The zero-order valence-corrected chi connectivity index (χ0v) is 14.6. The van der Waals surface area contributed by atoms with E-state index in [2.05, 4.69) is 24.3 Å². The maximum Gasteiger partial charge on any atom is 0.224 e. The van der Waals surface area contributed by atoms with Crippen LogP contribution < -0.4 is 11.1 Å². The highest BCUT2D eigenvalue weighted by molar-refractivity contribution is 5.85. The Kier molecular flexibility index (Phi) is 11.9. The molecule has 1 amide bonds. The first-order valence-corrected chi connectivity index (χ1v) is 7.17. The molecule has 20 heavy (non-hydrogen) atoms. The Hall–Kier alpha value is -0.0300. The van der Waals surface area contributed by atoms with Crippen LogP contribution in [0.1, 0.15) is 45.4 Å². The third kappa shape index (κ3) is 6.17. The number of carbonyl (C=O) groups is 1. The predicted octanol–water partition coefficient (Wildman–Crippen LogP) is 2.20. The number of likely N-dealkylation sites (N-methyl/N-ethyl adjacent to an activating group) is 1. The smallest absolute Gasteiger partial charge is 0.224 e. The van der Waals surface area contributed by atoms with E-state index >= 15 is 0 Å². The molecule has 1 saturated carbocycles. The van der Waals surface area contributed by atoms with E-state index in [1.54, 1.807) is 0 Å². The lowest BCUT2D eigenvalue weighted by atomic mass is 9.88. The second-order valence-electron chi connectivity index (χ2n) is 5.89. The molecule has 0 aromatic rings. The van der Waals surface area contributed by atoms with E-state index in [1.165, 1.54) is 38.5 Å². The summed E-state index contributed by atoms with van der Waals surface area (Å²) in [7, 11) is 4.26. The molecule has 0 heterocycles. The fourth-order valence-corrected chi connectivity index (χ4v) is 2.70. The van der Waals surface area contributed by atoms with E-state index in [9.17, 15) is 4.79 Å². The van der Waals surface area contributed by atoms with Crippen molar-refractivity contribution in [2.45, 2.75) is 51.0 Å². The fraction of sp³-hybridized carbons (Fsp3) is 0.929. The highest BCUT2D eigenvalue weighted by Crippen LogP contribution is 2.30. The molecule has 0 aliphatic heterocycles. The van der Waals surface area contributed by atoms with Crippen molar-refractivity contribution >= 4 is 30.7 Å². The Balaban J connectivity index is 0. The van der Waals surface area contributed by atoms with Crippen molar-refractivity contribution in [2.24, 2.45) is 11.7 Å². The summed E-state index contributed by atoms with van der Waals surface area (Å²) >= 11 is 0. The van der Waals surface area contributed by atoms with Crippen LogP contribution in [0.5, 0.6) is 0 Å². The SMILES string of the molecule is CC(CN)C(=O)NCC1(N(C)C)CCCCCC1.Cl.Cl. The number of nitrogens with one attached hydrogen (secondary N) is 1. The van der Waals surface area contributed by atoms with Crippen LogP contribution in [0.15, 0.2) is 0 Å². The Morgan fingerprint density at radius 3 is 2.10 bits per heavy atom. The monoisotopic (exact) mass is 327 g/mol. The molecule has 1 rings (SSSR count). The van der Waals surface area contributed by atoms with Crippen LogP contribution in [0.3, 0.4) is 0 Å². The van der Waals surface area contributed by atoms with Gasteiger partial charge in [-0.1, -0.05) is 32.6 Å². The first-order valence-electron chi connectivity index (χ1n) is 7.17. The summed E-state index contributed by atoms with van der Waals surface area (Å²) in [4.78, 5) is 14.2. The predicted molar refractivity (Wildman–Crippen MR) is 89.8 cm³/mol. The van der Waals surface area contributed by atoms with Gasteiger partial charge in [-0.25, -0.2) is 0 Å². The third-order valence-electron chi connectivity index (χ3n) is 4.38. The van der Waals surface area contributed by atoms with E-state index in [1.807, 2.05) is 6.92 Å². The van der Waals surface area contributed by atoms with Crippen molar-refractivity contribution in [3.8, 4) is 0 Å². The summed E-state index contributed by atoms with van der Waals surface area (Å²) in [5.74, 6) is -0.00189. The lowest BCUT2D eigenvalue weighted by Gasteiger charge is -2.40. The van der Waals surface area contributed by atoms with Crippen molar-refractivity contribution in [3.63, 3.8) is 0 Å². The van der Waals surface area contributed by atoms with Gasteiger partial charge in [-0.3, -0.25) is 4.79 Å². The van der Waals surface area contributed by atoms with Gasteiger partial charge in [0, 0.05) is 24.5 Å². The van der Waals surface area contributed by atoms with Crippen molar-refractivity contribution in [3.05, 3.63) is 0 Å². The van der Waals surface area contributed by atoms with E-state index in [-0.39, 0.29) is 42.2 Å². The van der Waals surface area contributed by atoms with Crippen LogP contribution in [-0.4, -0.2) is 43.5 Å². The number of nitrogens with zero attached hydrogens (tertiary/aromatic N) is 1. The normalized spacial score (nSPS) is 19.2. The Morgan fingerprint density at radius 1 is 1.20 bits per heavy atom. The topological polar surface area (TPSA) is 58.4 Å². The molecule has 0 aromatic carbocycles. The van der Waals surface area contributed by atoms with E-state index in [4.69, 9.17) is 5.73 Å². The zero-order chi connectivity index (χ0) is 13.6. The van der Waals surface area contributed by atoms with Gasteiger partial charge in [0.1, 0.15) is 0 Å². The minimum Gasteiger partial charge on any atom is -0.354 e. The van der Waals surface area contributed by atoms with E-state index in [0.717, 1.165) is 6.54 Å². The summed E-state index contributed by atoms with van der Waals surface area (Å²) in [6.45, 7) is 3.05. The summed E-state index contributed by atoms with van der Waals surface area (Å²) in [6.07, 6.45) is 7.53. The van der Waals surface area contributed by atoms with Crippen LogP contribution >= 0.6 is 24.8 Å². The first kappa shape index (κ1) is 22.3. The van der Waals surface area contributed by atoms with Gasteiger partial charge in [0.15, 0.2) is 0 Å². The highest BCUT2D eigenvalue weighted by atomic mass is 35.5. The molecule has 4 nitrogen and oxygen atoms in total. The van der Waals surface area contributed by atoms with Gasteiger partial charge in [-0.05, 0) is 26.9 Å². The average molecular weight is 328 g/mol. The Morgan fingerprint density at radius 2 is 1.70 bits per heavy atom. The minimum absolute atomic E-state index is 0. The fourth-order valence-electron chi connectivity index (χ4n) is 2.70. The molecular weight excluding hydrogens is 297 g/mol. The Labute approximate surface area is 136 Å². The number of carbonyl (C=O) groups excluding carboxylic acids is 1. The summed E-state index contributed by atoms with van der Waals surface area (Å²) in [5.41, 5.74) is 5.67. The van der Waals surface area contributed by atoms with Gasteiger partial charge in [0.25, 0.3) is 0 Å². The average Bonchev–Trinajstić information content (AvgIpc) is 2.61. The van der Waals surface area contributed by atoms with Gasteiger partial charge in [-0.15, -0.1) is 24.8 Å². The Bertz CT molecular complexity index is 267. The third-order valence-corrected chi connectivity index (χ3v) is 4.38. The number of rotatable bonds is 5. The van der Waals surface area contributed by atoms with Gasteiger partial charge in [0.05, 0.1) is 0 Å². The maximum absolute atomic E-state index is 11.9. The lowest BCUT2D eigenvalue weighted by molar-refractivity contribution is -0.124. The largest absolute Gasteiger partial charge is 0.354 e. The molecule has 0 aromatic heterocycles. The molecule has 1 unspecified atom stereocenters. The van der Waals surface area contributed by atoms with E-state index in [0.29, 0.717) is 6.54 Å². The first-order chi connectivity index (χ1) is 8.52. The quantitative estimate of drug-likeness (QED) is 0.761. The number of hydrogen-bond acceptors (Lipinski definition) is 3. The minimum atomic E-state index is -0.0880. The molecule has 1 aliphatic rings. The van der Waals surface area contributed by atoms with Crippen LogP contribution in [0.4, 0.5) is 0 Å². The molecule has 3 N–H and O–H groups in total. The van der Waals surface area contributed by atoms with Gasteiger partial charge >= 0.3 is 0 Å². The van der Waals surface area contributed by atoms with Crippen LogP contribution in [0.25, 0.3) is 0 Å². The second kappa shape index (κ2) is 10.7. The molecule has 0 spiro atoms. The van der Waals surface area contributed by atoms with E-state index < -0.39 is 0 Å². The van der Waals surface area contributed by atoms with Crippen molar-refractivity contribution in [2.75, 3.05) is 27.2 Å². The van der Waals surface area contributed by atoms with Crippen LogP contribution in [0, 0.1) is 5.92 Å². The van der Waals surface area contributed by atoms with Gasteiger partial charge < -0.3 is 16.0 Å². The molecule has 1 aliphatic carbocycles. The summed E-state index contributed by atoms with van der Waals surface area (Å²) < 4.78 is 0. The number of amides is 1. The lowest BCUT2D eigenvalue weighted by Crippen LogP contribution is -2.53. The van der Waals surface area contributed by atoms with Crippen molar-refractivity contribution < 1.29 is 4.79 Å². The molecule has 6 heteroatoms. The maximum atomic E-state index is 11.9. The van der Waals surface area contributed by atoms with Crippen LogP contribution in [-0.2, 0) is 4.79 Å². The molecule has 0 bridgehead atoms. The van der Waals surface area contributed by atoms with Crippen LogP contribution in [0.2, 0.25) is 0 Å². The highest BCUT2D eigenvalue weighted by Gasteiger charge is 2.33. The number of nitrogens with two attached hydrogens (primary N) is 1. The molecule has 0 radical (unpaired) electrons. The molecule has 0 saturated heterocycles. The van der Waals surface area contributed by atoms with Gasteiger partial charge in [0.2, 0.25) is 5.91 Å². The van der Waals surface area contributed by atoms with Crippen molar-refractivity contribution in [1.29, 1.82) is 0 Å². The molecule has 1 atom stereocenters.